The van der Waals surface area contributed by atoms with Crippen LogP contribution in [0.25, 0.3) is 0 Å². The van der Waals surface area contributed by atoms with Gasteiger partial charge in [-0.25, -0.2) is 4.79 Å². The van der Waals surface area contributed by atoms with Crippen molar-refractivity contribution in [3.8, 4) is 5.75 Å². The predicted octanol–water partition coefficient (Wildman–Crippen LogP) is 4.01. The quantitative estimate of drug-likeness (QED) is 0.694. The molecule has 1 atom stereocenters. The first-order valence-electron chi connectivity index (χ1n) is 10.1. The number of hydrogen-bond acceptors (Lipinski definition) is 4. The van der Waals surface area contributed by atoms with Crippen LogP contribution >= 0.6 is 0 Å². The van der Waals surface area contributed by atoms with Gasteiger partial charge in [0.2, 0.25) is 0 Å². The van der Waals surface area contributed by atoms with Gasteiger partial charge in [-0.1, -0.05) is 50.2 Å². The zero-order valence-electron chi connectivity index (χ0n) is 17.6. The molecule has 0 bridgehead atoms. The van der Waals surface area contributed by atoms with Crippen molar-refractivity contribution < 1.29 is 19.1 Å². The number of rotatable bonds is 6. The highest BCUT2D eigenvalue weighted by molar-refractivity contribution is 5.84. The van der Waals surface area contributed by atoms with Crippen LogP contribution in [-0.2, 0) is 27.3 Å². The summed E-state index contributed by atoms with van der Waals surface area (Å²) in [6.45, 7) is 8.72. The lowest BCUT2D eigenvalue weighted by Gasteiger charge is -2.30. The van der Waals surface area contributed by atoms with Gasteiger partial charge in [-0.3, -0.25) is 4.79 Å². The largest absolute Gasteiger partial charge is 0.482 e. The van der Waals surface area contributed by atoms with Crippen LogP contribution in [0.2, 0.25) is 0 Å². The zero-order chi connectivity index (χ0) is 21.0. The molecule has 0 N–H and O–H groups in total. The van der Waals surface area contributed by atoms with Gasteiger partial charge in [0.15, 0.2) is 12.7 Å². The van der Waals surface area contributed by atoms with Crippen molar-refractivity contribution in [3.05, 3.63) is 64.7 Å². The van der Waals surface area contributed by atoms with Gasteiger partial charge in [-0.15, -0.1) is 0 Å². The third-order valence-electron chi connectivity index (χ3n) is 5.23. The molecular formula is C24H29NO4. The van der Waals surface area contributed by atoms with E-state index in [0.29, 0.717) is 18.8 Å². The monoisotopic (exact) mass is 395 g/mol. The fraction of sp³-hybridized carbons (Fsp3) is 0.417. The first kappa shape index (κ1) is 20.9. The lowest BCUT2D eigenvalue weighted by molar-refractivity contribution is -0.161. The van der Waals surface area contributed by atoms with Crippen molar-refractivity contribution in [2.75, 3.05) is 13.2 Å². The minimum absolute atomic E-state index is 0.175. The van der Waals surface area contributed by atoms with Crippen LogP contribution in [-0.4, -0.2) is 36.0 Å². The molecule has 2 aromatic rings. The van der Waals surface area contributed by atoms with E-state index in [1.807, 2.05) is 43.3 Å². The first-order chi connectivity index (χ1) is 13.8. The van der Waals surface area contributed by atoms with Crippen molar-refractivity contribution >= 4 is 11.9 Å². The predicted molar refractivity (Wildman–Crippen MR) is 112 cm³/mol. The molecule has 3 rings (SSSR count). The van der Waals surface area contributed by atoms with Crippen molar-refractivity contribution in [3.63, 3.8) is 0 Å². The summed E-state index contributed by atoms with van der Waals surface area (Å²) >= 11 is 0. The van der Waals surface area contributed by atoms with Gasteiger partial charge in [0.1, 0.15) is 5.75 Å². The van der Waals surface area contributed by atoms with Crippen LogP contribution in [0.4, 0.5) is 0 Å². The maximum atomic E-state index is 12.7. The molecule has 0 saturated heterocycles. The average molecular weight is 395 g/mol. The molecule has 1 amide bonds. The van der Waals surface area contributed by atoms with Gasteiger partial charge < -0.3 is 14.4 Å². The fourth-order valence-electron chi connectivity index (χ4n) is 3.60. The van der Waals surface area contributed by atoms with Gasteiger partial charge in [-0.2, -0.15) is 0 Å². The van der Waals surface area contributed by atoms with Crippen LogP contribution in [0.5, 0.6) is 5.75 Å². The first-order valence-corrected chi connectivity index (χ1v) is 10.1. The third kappa shape index (κ3) is 5.17. The van der Waals surface area contributed by atoms with E-state index in [9.17, 15) is 9.59 Å². The van der Waals surface area contributed by atoms with Crippen LogP contribution in [0.3, 0.4) is 0 Å². The summed E-state index contributed by atoms with van der Waals surface area (Å²) in [7, 11) is 0. The van der Waals surface area contributed by atoms with E-state index in [-0.39, 0.29) is 18.4 Å². The highest BCUT2D eigenvalue weighted by Gasteiger charge is 2.27. The van der Waals surface area contributed by atoms with Crippen molar-refractivity contribution in [1.29, 1.82) is 0 Å². The number of carbonyl (C=O) groups excluding carboxylic acids is 2. The topological polar surface area (TPSA) is 55.8 Å². The molecule has 1 aliphatic heterocycles. The summed E-state index contributed by atoms with van der Waals surface area (Å²) in [6, 6.07) is 14.1. The summed E-state index contributed by atoms with van der Waals surface area (Å²) in [4.78, 5) is 26.7. The molecule has 1 unspecified atom stereocenters. The Morgan fingerprint density at radius 2 is 1.79 bits per heavy atom. The van der Waals surface area contributed by atoms with E-state index >= 15 is 0 Å². The number of benzene rings is 2. The molecule has 0 saturated carbocycles. The summed E-state index contributed by atoms with van der Waals surface area (Å²) < 4.78 is 11.1. The number of carbonyl (C=O) groups is 2. The molecule has 2 aromatic carbocycles. The second-order valence-corrected chi connectivity index (χ2v) is 7.90. The van der Waals surface area contributed by atoms with E-state index in [4.69, 9.17) is 9.47 Å². The molecule has 0 radical (unpaired) electrons. The SMILES string of the molecule is Cc1ccc(C(C)C)c(OCC(=O)OC(C)C(=O)N2CCc3ccccc3C2)c1. The number of hydrogen-bond donors (Lipinski definition) is 0. The molecule has 1 heterocycles. The van der Waals surface area contributed by atoms with E-state index in [2.05, 4.69) is 19.9 Å². The fourth-order valence-corrected chi connectivity index (χ4v) is 3.60. The third-order valence-corrected chi connectivity index (χ3v) is 5.23. The van der Waals surface area contributed by atoms with Crippen LogP contribution in [0, 0.1) is 6.92 Å². The summed E-state index contributed by atoms with van der Waals surface area (Å²) in [6.07, 6.45) is -0.0183. The van der Waals surface area contributed by atoms with Gasteiger partial charge >= 0.3 is 5.97 Å². The van der Waals surface area contributed by atoms with Gasteiger partial charge in [0.25, 0.3) is 5.91 Å². The molecule has 1 aliphatic rings. The van der Waals surface area contributed by atoms with Crippen molar-refractivity contribution in [2.24, 2.45) is 0 Å². The smallest absolute Gasteiger partial charge is 0.344 e. The molecule has 0 aliphatic carbocycles. The summed E-state index contributed by atoms with van der Waals surface area (Å²) in [5, 5.41) is 0. The Labute approximate surface area is 172 Å². The summed E-state index contributed by atoms with van der Waals surface area (Å²) in [5.41, 5.74) is 4.52. The molecule has 5 nitrogen and oxygen atoms in total. The Balaban J connectivity index is 1.55. The lowest BCUT2D eigenvalue weighted by Crippen LogP contribution is -2.43. The number of ether oxygens (including phenoxy) is 2. The number of fused-ring (bicyclic) bond motifs is 1. The van der Waals surface area contributed by atoms with Crippen LogP contribution < -0.4 is 4.74 Å². The molecule has 0 aromatic heterocycles. The summed E-state index contributed by atoms with van der Waals surface area (Å²) in [5.74, 6) is 0.249. The van der Waals surface area contributed by atoms with E-state index in [0.717, 1.165) is 23.1 Å². The normalized spacial score (nSPS) is 14.3. The number of aryl methyl sites for hydroxylation is 1. The Bertz CT molecular complexity index is 890. The maximum Gasteiger partial charge on any atom is 0.344 e. The molecule has 0 fully saturated rings. The molecule has 5 heteroatoms. The van der Waals surface area contributed by atoms with E-state index in [1.54, 1.807) is 11.8 Å². The zero-order valence-corrected chi connectivity index (χ0v) is 17.6. The van der Waals surface area contributed by atoms with E-state index < -0.39 is 12.1 Å². The molecule has 29 heavy (non-hydrogen) atoms. The van der Waals surface area contributed by atoms with Crippen LogP contribution in [0.1, 0.15) is 48.9 Å². The molecule has 0 spiro atoms. The second-order valence-electron chi connectivity index (χ2n) is 7.90. The maximum absolute atomic E-state index is 12.7. The van der Waals surface area contributed by atoms with Gasteiger partial charge in [-0.05, 0) is 54.5 Å². The number of nitrogens with zero attached hydrogens (tertiary/aromatic N) is 1. The van der Waals surface area contributed by atoms with E-state index in [1.165, 1.54) is 5.56 Å². The van der Waals surface area contributed by atoms with Crippen molar-refractivity contribution in [1.82, 2.24) is 4.90 Å². The minimum Gasteiger partial charge on any atom is -0.482 e. The Kier molecular flexibility index (Phi) is 6.57. The Morgan fingerprint density at radius 1 is 1.07 bits per heavy atom. The second kappa shape index (κ2) is 9.12. The minimum atomic E-state index is -0.835. The number of amides is 1. The van der Waals surface area contributed by atoms with Gasteiger partial charge in [0.05, 0.1) is 0 Å². The lowest BCUT2D eigenvalue weighted by atomic mass is 9.99. The number of esters is 1. The highest BCUT2D eigenvalue weighted by Crippen LogP contribution is 2.27. The van der Waals surface area contributed by atoms with Gasteiger partial charge in [0, 0.05) is 13.1 Å². The molecular weight excluding hydrogens is 366 g/mol. The average Bonchev–Trinajstić information content (AvgIpc) is 2.71. The standard InChI is InChI=1S/C24H29NO4/c1-16(2)21-10-9-17(3)13-22(21)28-15-23(26)29-18(4)24(27)25-12-11-19-7-5-6-8-20(19)14-25/h5-10,13,16,18H,11-12,14-15H2,1-4H3. The molecule has 154 valence electrons. The Morgan fingerprint density at radius 3 is 2.52 bits per heavy atom. The highest BCUT2D eigenvalue weighted by atomic mass is 16.6. The van der Waals surface area contributed by atoms with Crippen molar-refractivity contribution in [2.45, 2.75) is 52.7 Å². The van der Waals surface area contributed by atoms with Crippen LogP contribution in [0.15, 0.2) is 42.5 Å². The Hall–Kier alpha value is -2.82.